The lowest BCUT2D eigenvalue weighted by molar-refractivity contribution is -0.136. The number of carbonyl (C=O) groups excluding carboxylic acids is 3. The van der Waals surface area contributed by atoms with Crippen molar-refractivity contribution in [1.82, 2.24) is 15.5 Å². The summed E-state index contributed by atoms with van der Waals surface area (Å²) in [6.45, 7) is 4.25. The van der Waals surface area contributed by atoms with Crippen LogP contribution in [0.1, 0.15) is 58.8 Å². The summed E-state index contributed by atoms with van der Waals surface area (Å²) in [5.41, 5.74) is -0.704. The van der Waals surface area contributed by atoms with E-state index in [1.807, 2.05) is 0 Å². The Kier molecular flexibility index (Phi) is 4.04. The van der Waals surface area contributed by atoms with Gasteiger partial charge in [0.1, 0.15) is 12.1 Å². The van der Waals surface area contributed by atoms with Crippen molar-refractivity contribution >= 4 is 17.8 Å². The van der Waals surface area contributed by atoms with Crippen LogP contribution in [0.2, 0.25) is 0 Å². The molecule has 6 nitrogen and oxygen atoms in total. The zero-order valence-corrected chi connectivity index (χ0v) is 15.2. The topological polar surface area (TPSA) is 78.5 Å². The van der Waals surface area contributed by atoms with Gasteiger partial charge in [-0.2, -0.15) is 0 Å². The van der Waals surface area contributed by atoms with Gasteiger partial charge in [-0.05, 0) is 55.8 Å². The molecule has 0 aromatic rings. The molecule has 0 bridgehead atoms. The van der Waals surface area contributed by atoms with Gasteiger partial charge in [-0.1, -0.05) is 26.7 Å². The van der Waals surface area contributed by atoms with Gasteiger partial charge in [0, 0.05) is 6.04 Å². The Balaban J connectivity index is 1.41. The van der Waals surface area contributed by atoms with Crippen LogP contribution < -0.4 is 10.6 Å². The van der Waals surface area contributed by atoms with E-state index >= 15 is 0 Å². The molecule has 4 amide bonds. The number of nitrogens with zero attached hydrogens (tertiary/aromatic N) is 1. The van der Waals surface area contributed by atoms with E-state index in [9.17, 15) is 14.4 Å². The average Bonchev–Trinajstić information content (AvgIpc) is 3.46. The SMILES string of the molecule is C[C@@H]1[C@H](C)CCC[C@H]1NC(=O)CN1C(=O)NC(C2CC2)(C2CC2)C1=O. The fraction of sp³-hybridized carbons (Fsp3) is 0.842. The summed E-state index contributed by atoms with van der Waals surface area (Å²) >= 11 is 0. The van der Waals surface area contributed by atoms with Gasteiger partial charge < -0.3 is 10.6 Å². The average molecular weight is 347 g/mol. The maximum atomic E-state index is 13.0. The number of amides is 4. The third-order valence-corrected chi connectivity index (χ3v) is 6.96. The van der Waals surface area contributed by atoms with Gasteiger partial charge in [0.05, 0.1) is 0 Å². The van der Waals surface area contributed by atoms with Crippen molar-refractivity contribution in [2.45, 2.75) is 70.4 Å². The molecule has 25 heavy (non-hydrogen) atoms. The van der Waals surface area contributed by atoms with Crippen LogP contribution >= 0.6 is 0 Å². The Morgan fingerprint density at radius 3 is 2.36 bits per heavy atom. The standard InChI is InChI=1S/C19H29N3O3/c1-11-4-3-5-15(12(11)2)20-16(23)10-22-17(24)19(13-6-7-13,14-8-9-14)21-18(22)25/h11-15H,3-10H2,1-2H3,(H,20,23)(H,21,25)/t11-,12-,15-/m1/s1. The first kappa shape index (κ1) is 16.9. The molecule has 3 aliphatic carbocycles. The highest BCUT2D eigenvalue weighted by Gasteiger charge is 2.65. The summed E-state index contributed by atoms with van der Waals surface area (Å²) < 4.78 is 0. The molecule has 1 heterocycles. The van der Waals surface area contributed by atoms with Crippen molar-refractivity contribution in [2.24, 2.45) is 23.7 Å². The molecule has 6 heteroatoms. The van der Waals surface area contributed by atoms with Gasteiger partial charge in [0.25, 0.3) is 5.91 Å². The minimum atomic E-state index is -0.704. The minimum absolute atomic E-state index is 0.147. The molecule has 0 aromatic heterocycles. The van der Waals surface area contributed by atoms with Crippen LogP contribution in [0.4, 0.5) is 4.79 Å². The molecule has 4 rings (SSSR count). The highest BCUT2D eigenvalue weighted by atomic mass is 16.2. The highest BCUT2D eigenvalue weighted by Crippen LogP contribution is 2.54. The number of hydrogen-bond donors (Lipinski definition) is 2. The molecular weight excluding hydrogens is 318 g/mol. The van der Waals surface area contributed by atoms with E-state index in [2.05, 4.69) is 24.5 Å². The van der Waals surface area contributed by atoms with Crippen LogP contribution in [-0.4, -0.2) is 40.9 Å². The van der Waals surface area contributed by atoms with Crippen LogP contribution in [-0.2, 0) is 9.59 Å². The van der Waals surface area contributed by atoms with Crippen LogP contribution in [0.5, 0.6) is 0 Å². The van der Waals surface area contributed by atoms with E-state index in [-0.39, 0.29) is 42.3 Å². The Morgan fingerprint density at radius 1 is 1.12 bits per heavy atom. The zero-order chi connectivity index (χ0) is 17.8. The summed E-state index contributed by atoms with van der Waals surface area (Å²) in [6.07, 6.45) is 7.30. The number of hydrogen-bond acceptors (Lipinski definition) is 3. The van der Waals surface area contributed by atoms with Crippen molar-refractivity contribution in [3.63, 3.8) is 0 Å². The third kappa shape index (κ3) is 2.83. The van der Waals surface area contributed by atoms with E-state index in [4.69, 9.17) is 0 Å². The molecule has 0 spiro atoms. The summed E-state index contributed by atoms with van der Waals surface area (Å²) in [6, 6.07) is -0.238. The molecule has 0 unspecified atom stereocenters. The quantitative estimate of drug-likeness (QED) is 0.747. The summed E-state index contributed by atoms with van der Waals surface area (Å²) in [5, 5.41) is 6.04. The van der Waals surface area contributed by atoms with E-state index in [0.717, 1.165) is 43.4 Å². The fourth-order valence-electron chi connectivity index (χ4n) is 4.90. The van der Waals surface area contributed by atoms with Gasteiger partial charge in [0.15, 0.2) is 0 Å². The summed E-state index contributed by atoms with van der Waals surface area (Å²) in [5.74, 6) is 1.18. The van der Waals surface area contributed by atoms with Crippen LogP contribution in [0.25, 0.3) is 0 Å². The normalized spacial score (nSPS) is 34.8. The van der Waals surface area contributed by atoms with Gasteiger partial charge >= 0.3 is 6.03 Å². The molecule has 3 saturated carbocycles. The molecule has 1 saturated heterocycles. The lowest BCUT2D eigenvalue weighted by atomic mass is 9.78. The summed E-state index contributed by atoms with van der Waals surface area (Å²) in [4.78, 5) is 39.1. The van der Waals surface area contributed by atoms with Crippen LogP contribution in [0, 0.1) is 23.7 Å². The number of nitrogens with one attached hydrogen (secondary N) is 2. The van der Waals surface area contributed by atoms with Crippen LogP contribution in [0.3, 0.4) is 0 Å². The lowest BCUT2D eigenvalue weighted by Crippen LogP contribution is -2.52. The maximum Gasteiger partial charge on any atom is 0.325 e. The monoisotopic (exact) mass is 347 g/mol. The Morgan fingerprint density at radius 2 is 1.76 bits per heavy atom. The number of rotatable bonds is 5. The predicted molar refractivity (Wildman–Crippen MR) is 92.5 cm³/mol. The largest absolute Gasteiger partial charge is 0.352 e. The molecule has 1 aliphatic heterocycles. The van der Waals surface area contributed by atoms with E-state index < -0.39 is 5.54 Å². The van der Waals surface area contributed by atoms with Gasteiger partial charge in [-0.3, -0.25) is 14.5 Å². The number of urea groups is 1. The molecule has 3 atom stereocenters. The first-order chi connectivity index (χ1) is 11.9. The Labute approximate surface area is 149 Å². The smallest absolute Gasteiger partial charge is 0.325 e. The van der Waals surface area contributed by atoms with Crippen molar-refractivity contribution in [2.75, 3.05) is 6.54 Å². The van der Waals surface area contributed by atoms with Gasteiger partial charge in [-0.15, -0.1) is 0 Å². The molecule has 2 N–H and O–H groups in total. The van der Waals surface area contributed by atoms with Crippen molar-refractivity contribution in [1.29, 1.82) is 0 Å². The second kappa shape index (κ2) is 5.99. The first-order valence-corrected chi connectivity index (χ1v) is 9.87. The maximum absolute atomic E-state index is 13.0. The molecule has 138 valence electrons. The molecule has 0 aromatic carbocycles. The Bertz CT molecular complexity index is 585. The lowest BCUT2D eigenvalue weighted by Gasteiger charge is -2.34. The van der Waals surface area contributed by atoms with Crippen LogP contribution in [0.15, 0.2) is 0 Å². The third-order valence-electron chi connectivity index (χ3n) is 6.96. The summed E-state index contributed by atoms with van der Waals surface area (Å²) in [7, 11) is 0. The minimum Gasteiger partial charge on any atom is -0.352 e. The second-order valence-electron chi connectivity index (χ2n) is 8.68. The van der Waals surface area contributed by atoms with E-state index in [0.29, 0.717) is 11.8 Å². The molecule has 0 radical (unpaired) electrons. The van der Waals surface area contributed by atoms with Crippen molar-refractivity contribution in [3.05, 3.63) is 0 Å². The van der Waals surface area contributed by atoms with E-state index in [1.165, 1.54) is 6.42 Å². The van der Waals surface area contributed by atoms with E-state index in [1.54, 1.807) is 0 Å². The van der Waals surface area contributed by atoms with Crippen molar-refractivity contribution in [3.8, 4) is 0 Å². The van der Waals surface area contributed by atoms with Gasteiger partial charge in [0.2, 0.25) is 5.91 Å². The highest BCUT2D eigenvalue weighted by molar-refractivity contribution is 6.09. The Hall–Kier alpha value is -1.59. The number of imide groups is 1. The molecule has 4 aliphatic rings. The van der Waals surface area contributed by atoms with Crippen molar-refractivity contribution < 1.29 is 14.4 Å². The van der Waals surface area contributed by atoms with Gasteiger partial charge in [-0.25, -0.2) is 4.79 Å². The predicted octanol–water partition coefficient (Wildman–Crippen LogP) is 2.04. The fourth-order valence-corrected chi connectivity index (χ4v) is 4.90. The molecule has 4 fully saturated rings. The first-order valence-electron chi connectivity index (χ1n) is 9.87. The zero-order valence-electron chi connectivity index (χ0n) is 15.2. The second-order valence-corrected chi connectivity index (χ2v) is 8.68. The molecular formula is C19H29N3O3. The number of carbonyl (C=O) groups is 3.